The summed E-state index contributed by atoms with van der Waals surface area (Å²) >= 11 is 0. The fourth-order valence-corrected chi connectivity index (χ4v) is 0.942. The summed E-state index contributed by atoms with van der Waals surface area (Å²) in [6.07, 6.45) is 2.93. The van der Waals surface area contributed by atoms with Gasteiger partial charge in [0.2, 0.25) is 0 Å². The van der Waals surface area contributed by atoms with Crippen molar-refractivity contribution in [2.24, 2.45) is 5.73 Å². The van der Waals surface area contributed by atoms with Crippen LogP contribution in [-0.4, -0.2) is 17.6 Å². The predicted octanol–water partition coefficient (Wildman–Crippen LogP) is 1.31. The summed E-state index contributed by atoms with van der Waals surface area (Å²) in [5, 5.41) is 8.67. The van der Waals surface area contributed by atoms with Crippen LogP contribution in [0.5, 0.6) is 0 Å². The van der Waals surface area contributed by atoms with E-state index in [4.69, 9.17) is 10.8 Å². The number of carboxylic acids is 1. The Hall–Kier alpha value is -1.09. The highest BCUT2D eigenvalue weighted by molar-refractivity contribution is 5.86. The van der Waals surface area contributed by atoms with E-state index >= 15 is 0 Å². The average Bonchev–Trinajstić information content (AvgIpc) is 2.03. The van der Waals surface area contributed by atoms with Crippen molar-refractivity contribution < 1.29 is 9.90 Å². The second-order valence-corrected chi connectivity index (χ2v) is 2.57. The second-order valence-electron chi connectivity index (χ2n) is 2.57. The monoisotopic (exact) mass is 169 g/mol. The Bertz CT molecular complexity index is 207. The number of hydrogen-bond donors (Lipinski definition) is 2. The molecular formula is C9H15NO2. The van der Waals surface area contributed by atoms with Crippen LogP contribution >= 0.6 is 0 Å². The predicted molar refractivity (Wildman–Crippen MR) is 48.8 cm³/mol. The Labute approximate surface area is 72.6 Å². The molecule has 0 aromatic carbocycles. The molecule has 0 spiro atoms. The first kappa shape index (κ1) is 10.9. The molecular weight excluding hydrogens is 154 g/mol. The van der Waals surface area contributed by atoms with E-state index in [0.717, 1.165) is 5.57 Å². The van der Waals surface area contributed by atoms with E-state index in [1.807, 2.05) is 0 Å². The number of aliphatic carboxylic acids is 1. The lowest BCUT2D eigenvalue weighted by atomic mass is 10.0. The standard InChI is InChI=1S/C9H15NO2/c1-3-4-8(5-6-10)7(2)9(11)12/h3H,1,4-6,10H2,2H3,(H,11,12). The summed E-state index contributed by atoms with van der Waals surface area (Å²) in [5.74, 6) is -0.875. The molecule has 0 amide bonds. The van der Waals surface area contributed by atoms with Crippen LogP contribution in [0.4, 0.5) is 0 Å². The van der Waals surface area contributed by atoms with Gasteiger partial charge >= 0.3 is 5.97 Å². The van der Waals surface area contributed by atoms with Gasteiger partial charge in [-0.1, -0.05) is 11.6 Å². The zero-order valence-corrected chi connectivity index (χ0v) is 7.34. The Morgan fingerprint density at radius 2 is 2.25 bits per heavy atom. The van der Waals surface area contributed by atoms with E-state index in [1.54, 1.807) is 13.0 Å². The Balaban J connectivity index is 4.53. The minimum atomic E-state index is -0.875. The third-order valence-corrected chi connectivity index (χ3v) is 1.69. The molecule has 0 saturated carbocycles. The van der Waals surface area contributed by atoms with E-state index < -0.39 is 5.97 Å². The molecule has 0 aliphatic heterocycles. The average molecular weight is 169 g/mol. The van der Waals surface area contributed by atoms with Crippen molar-refractivity contribution in [2.75, 3.05) is 6.54 Å². The first-order chi connectivity index (χ1) is 5.63. The molecule has 12 heavy (non-hydrogen) atoms. The van der Waals surface area contributed by atoms with Crippen LogP contribution in [-0.2, 0) is 4.79 Å². The number of nitrogens with two attached hydrogens (primary N) is 1. The van der Waals surface area contributed by atoms with Crippen molar-refractivity contribution in [1.29, 1.82) is 0 Å². The quantitative estimate of drug-likeness (QED) is 0.482. The van der Waals surface area contributed by atoms with Crippen LogP contribution < -0.4 is 5.73 Å². The molecule has 0 aromatic heterocycles. The van der Waals surface area contributed by atoms with Crippen LogP contribution in [0.15, 0.2) is 23.8 Å². The highest BCUT2D eigenvalue weighted by Crippen LogP contribution is 2.12. The maximum Gasteiger partial charge on any atom is 0.331 e. The molecule has 0 rings (SSSR count). The summed E-state index contributed by atoms with van der Waals surface area (Å²) in [5.41, 5.74) is 6.59. The number of carbonyl (C=O) groups is 1. The van der Waals surface area contributed by atoms with Crippen LogP contribution in [0, 0.1) is 0 Å². The molecule has 3 heteroatoms. The van der Waals surface area contributed by atoms with Crippen LogP contribution in [0.1, 0.15) is 19.8 Å². The normalized spacial score (nSPS) is 12.2. The third kappa shape index (κ3) is 3.34. The molecule has 0 aliphatic carbocycles. The highest BCUT2D eigenvalue weighted by Gasteiger charge is 2.06. The summed E-state index contributed by atoms with van der Waals surface area (Å²) in [4.78, 5) is 10.6. The number of hydrogen-bond acceptors (Lipinski definition) is 2. The van der Waals surface area contributed by atoms with Crippen molar-refractivity contribution in [3.05, 3.63) is 23.8 Å². The van der Waals surface area contributed by atoms with Crippen molar-refractivity contribution in [3.63, 3.8) is 0 Å². The number of rotatable bonds is 5. The zero-order chi connectivity index (χ0) is 9.56. The van der Waals surface area contributed by atoms with E-state index in [1.165, 1.54) is 0 Å². The molecule has 0 unspecified atom stereocenters. The van der Waals surface area contributed by atoms with Gasteiger partial charge in [0.05, 0.1) is 0 Å². The number of allylic oxidation sites excluding steroid dienone is 1. The van der Waals surface area contributed by atoms with Crippen molar-refractivity contribution in [1.82, 2.24) is 0 Å². The van der Waals surface area contributed by atoms with Crippen LogP contribution in [0.2, 0.25) is 0 Å². The highest BCUT2D eigenvalue weighted by atomic mass is 16.4. The van der Waals surface area contributed by atoms with Crippen molar-refractivity contribution in [3.8, 4) is 0 Å². The lowest BCUT2D eigenvalue weighted by Crippen LogP contribution is -2.06. The lowest BCUT2D eigenvalue weighted by molar-refractivity contribution is -0.132. The van der Waals surface area contributed by atoms with Gasteiger partial charge in [-0.2, -0.15) is 0 Å². The molecule has 0 fully saturated rings. The van der Waals surface area contributed by atoms with E-state index in [0.29, 0.717) is 25.0 Å². The summed E-state index contributed by atoms with van der Waals surface area (Å²) in [6, 6.07) is 0. The van der Waals surface area contributed by atoms with Crippen molar-refractivity contribution in [2.45, 2.75) is 19.8 Å². The SMILES string of the molecule is C=CCC(CCN)=C(C)C(=O)O. The van der Waals surface area contributed by atoms with Gasteiger partial charge in [0.1, 0.15) is 0 Å². The maximum atomic E-state index is 10.6. The van der Waals surface area contributed by atoms with Crippen LogP contribution in [0.3, 0.4) is 0 Å². The molecule has 0 radical (unpaired) electrons. The fraction of sp³-hybridized carbons (Fsp3) is 0.444. The minimum Gasteiger partial charge on any atom is -0.478 e. The molecule has 0 aliphatic rings. The summed E-state index contributed by atoms with van der Waals surface area (Å²) in [7, 11) is 0. The third-order valence-electron chi connectivity index (χ3n) is 1.69. The molecule has 0 atom stereocenters. The molecule has 3 N–H and O–H groups in total. The largest absolute Gasteiger partial charge is 0.478 e. The summed E-state index contributed by atoms with van der Waals surface area (Å²) < 4.78 is 0. The van der Waals surface area contributed by atoms with Gasteiger partial charge in [-0.15, -0.1) is 6.58 Å². The first-order valence-electron chi connectivity index (χ1n) is 3.86. The first-order valence-corrected chi connectivity index (χ1v) is 3.86. The van der Waals surface area contributed by atoms with E-state index in [9.17, 15) is 4.79 Å². The van der Waals surface area contributed by atoms with Gasteiger partial charge in [0.15, 0.2) is 0 Å². The molecule has 68 valence electrons. The topological polar surface area (TPSA) is 63.3 Å². The lowest BCUT2D eigenvalue weighted by Gasteiger charge is -2.05. The molecule has 0 aromatic rings. The van der Waals surface area contributed by atoms with Gasteiger partial charge in [-0.3, -0.25) is 0 Å². The second kappa shape index (κ2) is 5.55. The molecule has 3 nitrogen and oxygen atoms in total. The van der Waals surface area contributed by atoms with Crippen molar-refractivity contribution >= 4 is 5.97 Å². The zero-order valence-electron chi connectivity index (χ0n) is 7.34. The molecule has 0 heterocycles. The number of carboxylic acid groups (broad SMARTS) is 1. The Kier molecular flexibility index (Phi) is 5.04. The Morgan fingerprint density at radius 3 is 2.58 bits per heavy atom. The smallest absolute Gasteiger partial charge is 0.331 e. The van der Waals surface area contributed by atoms with Gasteiger partial charge in [-0.25, -0.2) is 4.79 Å². The van der Waals surface area contributed by atoms with Gasteiger partial charge in [0, 0.05) is 5.57 Å². The molecule has 0 bridgehead atoms. The van der Waals surface area contributed by atoms with E-state index in [2.05, 4.69) is 6.58 Å². The minimum absolute atomic E-state index is 0.389. The van der Waals surface area contributed by atoms with Gasteiger partial charge in [-0.05, 0) is 26.3 Å². The Morgan fingerprint density at radius 1 is 1.67 bits per heavy atom. The fourth-order valence-electron chi connectivity index (χ4n) is 0.942. The van der Waals surface area contributed by atoms with Gasteiger partial charge in [0.25, 0.3) is 0 Å². The van der Waals surface area contributed by atoms with Gasteiger partial charge < -0.3 is 10.8 Å². The molecule has 0 saturated heterocycles. The van der Waals surface area contributed by atoms with E-state index in [-0.39, 0.29) is 0 Å². The summed E-state index contributed by atoms with van der Waals surface area (Å²) in [6.45, 7) is 5.63. The van der Waals surface area contributed by atoms with Crippen LogP contribution in [0.25, 0.3) is 0 Å². The maximum absolute atomic E-state index is 10.6.